The minimum Gasteiger partial charge on any atom is -0.494 e. The van der Waals surface area contributed by atoms with Crippen LogP contribution in [0.15, 0.2) is 24.2 Å². The zero-order valence-electron chi connectivity index (χ0n) is 12.5. The first-order chi connectivity index (χ1) is 8.11. The van der Waals surface area contributed by atoms with Gasteiger partial charge in [-0.2, -0.15) is 0 Å². The van der Waals surface area contributed by atoms with E-state index >= 15 is 0 Å². The molecule has 100 valence electrons. The van der Waals surface area contributed by atoms with Crippen molar-refractivity contribution >= 4 is 0 Å². The Bertz CT molecular complexity index is 270. The van der Waals surface area contributed by atoms with Crippen LogP contribution >= 0.6 is 0 Å². The molecule has 2 heteroatoms. The first-order valence-electron chi connectivity index (χ1n) is 6.83. The molecule has 1 heterocycles. The summed E-state index contributed by atoms with van der Waals surface area (Å²) in [5.74, 6) is 1.02. The van der Waals surface area contributed by atoms with Gasteiger partial charge in [0, 0.05) is 0 Å². The molecule has 0 amide bonds. The van der Waals surface area contributed by atoms with Crippen molar-refractivity contribution in [2.45, 2.75) is 66.3 Å². The Labute approximate surface area is 107 Å². The van der Waals surface area contributed by atoms with Gasteiger partial charge in [-0.25, -0.2) is 0 Å². The third-order valence-corrected chi connectivity index (χ3v) is 3.50. The van der Waals surface area contributed by atoms with E-state index in [-0.39, 0.29) is 5.54 Å². The maximum Gasteiger partial charge on any atom is 0.112 e. The van der Waals surface area contributed by atoms with E-state index in [1.807, 2.05) is 27.0 Å². The molecular weight excluding hydrogens is 210 g/mol. The summed E-state index contributed by atoms with van der Waals surface area (Å²) in [6.45, 7) is 17.3. The zero-order chi connectivity index (χ0) is 13.5. The molecule has 0 aromatic heterocycles. The third kappa shape index (κ3) is 3.27. The minimum atomic E-state index is 0.125. The molecule has 0 saturated heterocycles. The lowest BCUT2D eigenvalue weighted by Crippen LogP contribution is -2.50. The van der Waals surface area contributed by atoms with Crippen molar-refractivity contribution < 1.29 is 4.74 Å². The predicted octanol–water partition coefficient (Wildman–Crippen LogP) is 4.69. The molecule has 0 aromatic rings. The Morgan fingerprint density at radius 3 is 2.35 bits per heavy atom. The van der Waals surface area contributed by atoms with E-state index in [1.54, 1.807) is 0 Å². The summed E-state index contributed by atoms with van der Waals surface area (Å²) in [4.78, 5) is 2.30. The zero-order valence-corrected chi connectivity index (χ0v) is 12.5. The maximum absolute atomic E-state index is 5.77. The molecular formula is C15H29NO. The highest BCUT2D eigenvalue weighted by Gasteiger charge is 2.37. The molecule has 1 atom stereocenters. The molecule has 0 spiro atoms. The highest BCUT2D eigenvalue weighted by molar-refractivity contribution is 5.15. The van der Waals surface area contributed by atoms with Crippen LogP contribution in [-0.2, 0) is 4.74 Å². The number of allylic oxidation sites excluding steroid dienone is 2. The standard InChI is InChI=1S/C13H23NO.C2H6/c1-6-9-13(7-2)10-15-12(5)11(4)14(13)8-3;1-2/h8H,3,6-7,9-10H2,1-2,4-5H3;1-2H3. The highest BCUT2D eigenvalue weighted by atomic mass is 16.5. The Balaban J connectivity index is 0.00000121. The molecule has 17 heavy (non-hydrogen) atoms. The lowest BCUT2D eigenvalue weighted by atomic mass is 9.88. The summed E-state index contributed by atoms with van der Waals surface area (Å²) in [7, 11) is 0. The van der Waals surface area contributed by atoms with Gasteiger partial charge in [0.25, 0.3) is 0 Å². The van der Waals surface area contributed by atoms with Crippen LogP contribution in [0.5, 0.6) is 0 Å². The van der Waals surface area contributed by atoms with Crippen molar-refractivity contribution in [3.05, 3.63) is 24.2 Å². The van der Waals surface area contributed by atoms with Gasteiger partial charge in [0.1, 0.15) is 12.4 Å². The van der Waals surface area contributed by atoms with Crippen molar-refractivity contribution in [1.82, 2.24) is 4.90 Å². The van der Waals surface area contributed by atoms with Crippen molar-refractivity contribution in [2.75, 3.05) is 6.61 Å². The average molecular weight is 239 g/mol. The van der Waals surface area contributed by atoms with Gasteiger partial charge in [0.05, 0.1) is 11.2 Å². The molecule has 1 unspecified atom stereocenters. The molecule has 1 rings (SSSR count). The summed E-state index contributed by atoms with van der Waals surface area (Å²) < 4.78 is 5.77. The SMILES string of the molecule is C=CN1C(C)=C(C)OCC1(CC)CCC.CC. The third-order valence-electron chi connectivity index (χ3n) is 3.50. The molecule has 0 bridgehead atoms. The van der Waals surface area contributed by atoms with Gasteiger partial charge in [0.15, 0.2) is 0 Å². The number of hydrogen-bond acceptors (Lipinski definition) is 2. The van der Waals surface area contributed by atoms with Gasteiger partial charge in [-0.15, -0.1) is 0 Å². The summed E-state index contributed by atoms with van der Waals surface area (Å²) in [6.07, 6.45) is 5.37. The quantitative estimate of drug-likeness (QED) is 0.705. The lowest BCUT2D eigenvalue weighted by molar-refractivity contribution is 0.0186. The number of nitrogens with zero attached hydrogens (tertiary/aromatic N) is 1. The van der Waals surface area contributed by atoms with Crippen LogP contribution in [0.25, 0.3) is 0 Å². The fourth-order valence-corrected chi connectivity index (χ4v) is 2.38. The topological polar surface area (TPSA) is 12.5 Å². The number of rotatable bonds is 4. The van der Waals surface area contributed by atoms with Crippen LogP contribution in [0, 0.1) is 0 Å². The van der Waals surface area contributed by atoms with Gasteiger partial charge in [-0.1, -0.05) is 40.7 Å². The number of hydrogen-bond donors (Lipinski definition) is 0. The molecule has 0 N–H and O–H groups in total. The second-order valence-corrected chi connectivity index (χ2v) is 4.31. The Kier molecular flexibility index (Phi) is 7.01. The molecule has 0 fully saturated rings. The summed E-state index contributed by atoms with van der Waals surface area (Å²) in [5.41, 5.74) is 1.33. The second kappa shape index (κ2) is 7.41. The van der Waals surface area contributed by atoms with E-state index in [2.05, 4.69) is 32.3 Å². The van der Waals surface area contributed by atoms with Crippen LogP contribution in [0.2, 0.25) is 0 Å². The van der Waals surface area contributed by atoms with Gasteiger partial charge >= 0.3 is 0 Å². The summed E-state index contributed by atoms with van der Waals surface area (Å²) >= 11 is 0. The molecule has 0 aliphatic carbocycles. The fraction of sp³-hybridized carbons (Fsp3) is 0.733. The first-order valence-corrected chi connectivity index (χ1v) is 6.83. The largest absolute Gasteiger partial charge is 0.494 e. The molecule has 0 aromatic carbocycles. The summed E-state index contributed by atoms with van der Waals surface area (Å²) in [6, 6.07) is 0. The van der Waals surface area contributed by atoms with Crippen LogP contribution in [-0.4, -0.2) is 17.0 Å². The minimum absolute atomic E-state index is 0.125. The van der Waals surface area contributed by atoms with Crippen molar-refractivity contribution in [2.24, 2.45) is 0 Å². The van der Waals surface area contributed by atoms with Crippen LogP contribution in [0.1, 0.15) is 60.8 Å². The Hall–Kier alpha value is -0.920. The fourth-order valence-electron chi connectivity index (χ4n) is 2.38. The normalized spacial score (nSPS) is 23.8. The van der Waals surface area contributed by atoms with Gasteiger partial charge in [-0.3, -0.25) is 0 Å². The van der Waals surface area contributed by atoms with Gasteiger partial charge in [-0.05, 0) is 32.9 Å². The van der Waals surface area contributed by atoms with Crippen molar-refractivity contribution in [3.63, 3.8) is 0 Å². The van der Waals surface area contributed by atoms with E-state index in [4.69, 9.17) is 4.74 Å². The Morgan fingerprint density at radius 1 is 1.35 bits per heavy atom. The van der Waals surface area contributed by atoms with E-state index in [0.717, 1.165) is 25.2 Å². The van der Waals surface area contributed by atoms with Crippen molar-refractivity contribution in [1.29, 1.82) is 0 Å². The van der Waals surface area contributed by atoms with Crippen LogP contribution < -0.4 is 0 Å². The Morgan fingerprint density at radius 2 is 1.94 bits per heavy atom. The molecule has 1 aliphatic heterocycles. The van der Waals surface area contributed by atoms with Crippen molar-refractivity contribution in [3.8, 4) is 0 Å². The number of ether oxygens (including phenoxy) is 1. The van der Waals surface area contributed by atoms with E-state index < -0.39 is 0 Å². The van der Waals surface area contributed by atoms with Crippen LogP contribution in [0.4, 0.5) is 0 Å². The monoisotopic (exact) mass is 239 g/mol. The smallest absolute Gasteiger partial charge is 0.112 e. The lowest BCUT2D eigenvalue weighted by Gasteiger charge is -2.47. The van der Waals surface area contributed by atoms with E-state index in [1.165, 1.54) is 12.1 Å². The van der Waals surface area contributed by atoms with E-state index in [0.29, 0.717) is 0 Å². The highest BCUT2D eigenvalue weighted by Crippen LogP contribution is 2.35. The molecule has 2 nitrogen and oxygen atoms in total. The van der Waals surface area contributed by atoms with Crippen LogP contribution in [0.3, 0.4) is 0 Å². The molecule has 0 saturated carbocycles. The predicted molar refractivity (Wildman–Crippen MR) is 75.6 cm³/mol. The maximum atomic E-state index is 5.77. The second-order valence-electron chi connectivity index (χ2n) is 4.31. The van der Waals surface area contributed by atoms with Gasteiger partial charge in [0.2, 0.25) is 0 Å². The molecule has 0 radical (unpaired) electrons. The first kappa shape index (κ1) is 16.1. The summed E-state index contributed by atoms with van der Waals surface area (Å²) in [5, 5.41) is 0. The van der Waals surface area contributed by atoms with Gasteiger partial charge < -0.3 is 9.64 Å². The van der Waals surface area contributed by atoms with E-state index in [9.17, 15) is 0 Å². The molecule has 1 aliphatic rings. The average Bonchev–Trinajstić information content (AvgIpc) is 2.37.